The molecule has 0 aliphatic carbocycles. The molecule has 0 saturated heterocycles. The fraction of sp³-hybridized carbons (Fsp3) is 0.444. The van der Waals surface area contributed by atoms with Gasteiger partial charge in [-0.15, -0.1) is 0 Å². The summed E-state index contributed by atoms with van der Waals surface area (Å²) in [5.41, 5.74) is 1.31. The van der Waals surface area contributed by atoms with Crippen LogP contribution in [0.5, 0.6) is 0 Å². The third-order valence-electron chi connectivity index (χ3n) is 3.42. The van der Waals surface area contributed by atoms with Crippen LogP contribution in [0, 0.1) is 5.92 Å². The van der Waals surface area contributed by atoms with Crippen molar-refractivity contribution in [1.82, 2.24) is 0 Å². The molecular formula is C18H26O3S. The van der Waals surface area contributed by atoms with E-state index < -0.39 is 9.84 Å². The van der Waals surface area contributed by atoms with Crippen LogP contribution in [0.4, 0.5) is 0 Å². The maximum Gasteiger partial charge on any atom is 0.238 e. The molecule has 0 radical (unpaired) electrons. The third kappa shape index (κ3) is 5.68. The molecule has 0 aliphatic heterocycles. The zero-order valence-corrected chi connectivity index (χ0v) is 14.7. The third-order valence-corrected chi connectivity index (χ3v) is 5.17. The van der Waals surface area contributed by atoms with Crippen LogP contribution in [0.3, 0.4) is 0 Å². The molecule has 3 nitrogen and oxygen atoms in total. The van der Waals surface area contributed by atoms with Crippen LogP contribution in [0.25, 0.3) is 0 Å². The Morgan fingerprint density at radius 2 is 1.82 bits per heavy atom. The summed E-state index contributed by atoms with van der Waals surface area (Å²) in [6, 6.07) is 8.38. The summed E-state index contributed by atoms with van der Waals surface area (Å²) in [5.74, 6) is 0.409. The van der Waals surface area contributed by atoms with Gasteiger partial charge in [-0.1, -0.05) is 36.8 Å². The smallest absolute Gasteiger partial charge is 0.238 e. The molecule has 0 N–H and O–H groups in total. The predicted octanol–water partition coefficient (Wildman–Crippen LogP) is 4.72. The molecule has 1 aromatic rings. The van der Waals surface area contributed by atoms with Gasteiger partial charge in [0.25, 0.3) is 0 Å². The van der Waals surface area contributed by atoms with Gasteiger partial charge in [-0.2, -0.15) is 0 Å². The number of methoxy groups -OCH3 is 1. The molecule has 122 valence electrons. The SMILES string of the molecule is CO/C(=C\C[C@H](C)CCC=C(C)C)S(=O)(=O)c1ccccc1. The van der Waals surface area contributed by atoms with Crippen molar-refractivity contribution in [1.29, 1.82) is 0 Å². The normalized spacial score (nSPS) is 13.5. The lowest BCUT2D eigenvalue weighted by Gasteiger charge is -2.11. The molecule has 0 saturated carbocycles. The summed E-state index contributed by atoms with van der Waals surface area (Å²) in [4.78, 5) is 0.264. The minimum atomic E-state index is -3.55. The Kier molecular flexibility index (Phi) is 7.39. The lowest BCUT2D eigenvalue weighted by atomic mass is 10.0. The van der Waals surface area contributed by atoms with Crippen LogP contribution in [0.1, 0.15) is 40.0 Å². The number of ether oxygens (including phenoxy) is 1. The van der Waals surface area contributed by atoms with Gasteiger partial charge in [-0.3, -0.25) is 0 Å². The lowest BCUT2D eigenvalue weighted by molar-refractivity contribution is 0.313. The molecule has 1 atom stereocenters. The van der Waals surface area contributed by atoms with Crippen LogP contribution in [-0.4, -0.2) is 15.5 Å². The average Bonchev–Trinajstić information content (AvgIpc) is 2.48. The minimum absolute atomic E-state index is 0.0350. The van der Waals surface area contributed by atoms with E-state index in [1.807, 2.05) is 0 Å². The molecule has 22 heavy (non-hydrogen) atoms. The fourth-order valence-electron chi connectivity index (χ4n) is 2.09. The van der Waals surface area contributed by atoms with Gasteiger partial charge in [-0.05, 0) is 57.2 Å². The summed E-state index contributed by atoms with van der Waals surface area (Å²) in [7, 11) is -2.15. The van der Waals surface area contributed by atoms with Gasteiger partial charge in [0, 0.05) is 0 Å². The molecule has 0 fully saturated rings. The topological polar surface area (TPSA) is 43.4 Å². The monoisotopic (exact) mass is 322 g/mol. The largest absolute Gasteiger partial charge is 0.486 e. The maximum absolute atomic E-state index is 12.5. The van der Waals surface area contributed by atoms with Crippen LogP contribution in [-0.2, 0) is 14.6 Å². The van der Waals surface area contributed by atoms with Crippen LogP contribution in [0.15, 0.2) is 58.0 Å². The van der Waals surface area contributed by atoms with Gasteiger partial charge >= 0.3 is 0 Å². The Morgan fingerprint density at radius 3 is 2.36 bits per heavy atom. The highest BCUT2D eigenvalue weighted by molar-refractivity contribution is 7.95. The zero-order valence-electron chi connectivity index (χ0n) is 13.9. The highest BCUT2D eigenvalue weighted by Gasteiger charge is 2.21. The standard InChI is InChI=1S/C18H26O3S/c1-15(2)9-8-10-16(3)13-14-18(21-4)22(19,20)17-11-6-5-7-12-17/h5-7,9,11-12,14,16H,8,10,13H2,1-4H3/b18-14+/t16-/m1/s1. The Hall–Kier alpha value is -1.55. The van der Waals surface area contributed by atoms with Gasteiger partial charge in [0.15, 0.2) is 0 Å². The van der Waals surface area contributed by atoms with Crippen LogP contribution >= 0.6 is 0 Å². The van der Waals surface area contributed by atoms with Crippen molar-refractivity contribution in [2.45, 2.75) is 44.9 Å². The molecule has 1 aromatic carbocycles. The Balaban J connectivity index is 2.77. The van der Waals surface area contributed by atoms with E-state index in [2.05, 4.69) is 26.8 Å². The van der Waals surface area contributed by atoms with Crippen LogP contribution < -0.4 is 0 Å². The van der Waals surface area contributed by atoms with E-state index in [9.17, 15) is 8.42 Å². The molecule has 0 bridgehead atoms. The Labute approximate surface area is 134 Å². The van der Waals surface area contributed by atoms with Crippen molar-refractivity contribution in [2.24, 2.45) is 5.92 Å². The van der Waals surface area contributed by atoms with Gasteiger partial charge in [0.05, 0.1) is 12.0 Å². The summed E-state index contributed by atoms with van der Waals surface area (Å²) >= 11 is 0. The van der Waals surface area contributed by atoms with E-state index in [0.717, 1.165) is 12.8 Å². The van der Waals surface area contributed by atoms with E-state index >= 15 is 0 Å². The number of allylic oxidation sites excluding steroid dienone is 3. The lowest BCUT2D eigenvalue weighted by Crippen LogP contribution is -2.07. The Morgan fingerprint density at radius 1 is 1.18 bits per heavy atom. The second-order valence-corrected chi connectivity index (χ2v) is 7.62. The summed E-state index contributed by atoms with van der Waals surface area (Å²) in [6.45, 7) is 6.29. The van der Waals surface area contributed by atoms with Gasteiger partial charge in [0.1, 0.15) is 0 Å². The van der Waals surface area contributed by atoms with E-state index in [-0.39, 0.29) is 9.99 Å². The number of hydrogen-bond acceptors (Lipinski definition) is 3. The molecule has 0 unspecified atom stereocenters. The first-order valence-corrected chi connectivity index (χ1v) is 9.04. The maximum atomic E-state index is 12.5. The van der Waals surface area contributed by atoms with Crippen LogP contribution in [0.2, 0.25) is 0 Å². The first kappa shape index (κ1) is 18.5. The van der Waals surface area contributed by atoms with E-state index in [1.165, 1.54) is 12.7 Å². The minimum Gasteiger partial charge on any atom is -0.486 e. The molecule has 0 aromatic heterocycles. The van der Waals surface area contributed by atoms with E-state index in [0.29, 0.717) is 12.3 Å². The zero-order chi connectivity index (χ0) is 16.6. The quantitative estimate of drug-likeness (QED) is 0.514. The predicted molar refractivity (Wildman–Crippen MR) is 91.2 cm³/mol. The average molecular weight is 322 g/mol. The van der Waals surface area contributed by atoms with Gasteiger partial charge in [0.2, 0.25) is 14.9 Å². The first-order chi connectivity index (χ1) is 10.4. The van der Waals surface area contributed by atoms with Crippen molar-refractivity contribution in [3.63, 3.8) is 0 Å². The van der Waals surface area contributed by atoms with Crippen molar-refractivity contribution >= 4 is 9.84 Å². The molecule has 1 rings (SSSR count). The van der Waals surface area contributed by atoms with Crippen molar-refractivity contribution in [3.05, 3.63) is 53.1 Å². The fourth-order valence-corrected chi connectivity index (χ4v) is 3.37. The molecule has 4 heteroatoms. The van der Waals surface area contributed by atoms with Crippen molar-refractivity contribution < 1.29 is 13.2 Å². The van der Waals surface area contributed by atoms with Crippen molar-refractivity contribution in [2.75, 3.05) is 7.11 Å². The number of sulfone groups is 1. The van der Waals surface area contributed by atoms with E-state index in [1.54, 1.807) is 36.4 Å². The summed E-state index contributed by atoms with van der Waals surface area (Å²) in [6.07, 6.45) is 6.63. The molecular weight excluding hydrogens is 296 g/mol. The van der Waals surface area contributed by atoms with E-state index in [4.69, 9.17) is 4.74 Å². The molecule has 0 heterocycles. The molecule has 0 aliphatic rings. The van der Waals surface area contributed by atoms with Crippen molar-refractivity contribution in [3.8, 4) is 0 Å². The highest BCUT2D eigenvalue weighted by Crippen LogP contribution is 2.22. The highest BCUT2D eigenvalue weighted by atomic mass is 32.2. The van der Waals surface area contributed by atoms with Gasteiger partial charge in [-0.25, -0.2) is 8.42 Å². The summed E-state index contributed by atoms with van der Waals surface area (Å²) in [5, 5.41) is 0.0350. The Bertz CT molecular complexity index is 609. The number of benzene rings is 1. The molecule has 0 spiro atoms. The second-order valence-electron chi connectivity index (χ2n) is 5.74. The second kappa shape index (κ2) is 8.79. The molecule has 0 amide bonds. The number of rotatable bonds is 8. The summed E-state index contributed by atoms with van der Waals surface area (Å²) < 4.78 is 30.1. The first-order valence-electron chi connectivity index (χ1n) is 7.55. The van der Waals surface area contributed by atoms with Gasteiger partial charge < -0.3 is 4.74 Å². The number of hydrogen-bond donors (Lipinski definition) is 0.